The number of rotatable bonds is 7. The molecule has 0 bridgehead atoms. The molecule has 0 aliphatic heterocycles. The zero-order valence-corrected chi connectivity index (χ0v) is 15.7. The molecule has 2 aromatic carbocycles. The smallest absolute Gasteiger partial charge is 0.326 e. The summed E-state index contributed by atoms with van der Waals surface area (Å²) >= 11 is 4.90. The number of carbonyl (C=O) groups excluding carboxylic acids is 2. The van der Waals surface area contributed by atoms with E-state index in [4.69, 9.17) is 4.74 Å². The maximum Gasteiger partial charge on any atom is 0.326 e. The molecule has 2 rings (SSSR count). The first-order valence-electron chi connectivity index (χ1n) is 7.50. The molecule has 6 heteroatoms. The number of hydrogen-bond donors (Lipinski definition) is 0. The number of thioether (sulfide) groups is 1. The summed E-state index contributed by atoms with van der Waals surface area (Å²) in [5, 5.41) is 0. The van der Waals surface area contributed by atoms with Crippen LogP contribution in [0.4, 0.5) is 5.69 Å². The molecule has 4 nitrogen and oxygen atoms in total. The lowest BCUT2D eigenvalue weighted by Crippen LogP contribution is -2.37. The van der Waals surface area contributed by atoms with Crippen molar-refractivity contribution in [3.63, 3.8) is 0 Å². The van der Waals surface area contributed by atoms with Gasteiger partial charge in [-0.15, -0.1) is 11.8 Å². The Labute approximate surface area is 154 Å². The molecule has 0 atom stereocenters. The van der Waals surface area contributed by atoms with Gasteiger partial charge in [-0.3, -0.25) is 9.59 Å². The molecule has 0 aliphatic carbocycles. The molecule has 126 valence electrons. The van der Waals surface area contributed by atoms with Gasteiger partial charge in [0.15, 0.2) is 0 Å². The minimum Gasteiger partial charge on any atom is -0.465 e. The fraction of sp³-hybridized carbons (Fsp3) is 0.222. The summed E-state index contributed by atoms with van der Waals surface area (Å²) in [6.07, 6.45) is 0. The number of para-hydroxylation sites is 1. The lowest BCUT2D eigenvalue weighted by Gasteiger charge is -2.21. The largest absolute Gasteiger partial charge is 0.465 e. The Bertz CT molecular complexity index is 694. The fourth-order valence-electron chi connectivity index (χ4n) is 2.05. The zero-order valence-electron chi connectivity index (χ0n) is 13.3. The minimum absolute atomic E-state index is 0.0901. The third kappa shape index (κ3) is 5.39. The number of hydrogen-bond acceptors (Lipinski definition) is 4. The molecule has 0 fully saturated rings. The predicted molar refractivity (Wildman–Crippen MR) is 100 cm³/mol. The highest BCUT2D eigenvalue weighted by molar-refractivity contribution is 9.10. The van der Waals surface area contributed by atoms with Crippen LogP contribution in [0.3, 0.4) is 0 Å². The molecule has 0 heterocycles. The van der Waals surface area contributed by atoms with Gasteiger partial charge in [0.2, 0.25) is 5.91 Å². The first-order chi connectivity index (χ1) is 11.6. The highest BCUT2D eigenvalue weighted by atomic mass is 79.9. The van der Waals surface area contributed by atoms with Crippen molar-refractivity contribution in [1.82, 2.24) is 0 Å². The van der Waals surface area contributed by atoms with E-state index in [9.17, 15) is 9.59 Å². The van der Waals surface area contributed by atoms with Gasteiger partial charge in [0, 0.05) is 15.1 Å². The van der Waals surface area contributed by atoms with Crippen LogP contribution in [-0.4, -0.2) is 30.8 Å². The summed E-state index contributed by atoms with van der Waals surface area (Å²) in [5.41, 5.74) is 0.684. The van der Waals surface area contributed by atoms with E-state index >= 15 is 0 Å². The molecule has 0 N–H and O–H groups in total. The second-order valence-corrected chi connectivity index (χ2v) is 6.71. The molecule has 0 spiro atoms. The number of carbonyl (C=O) groups is 2. The van der Waals surface area contributed by atoms with Gasteiger partial charge in [0.1, 0.15) is 6.54 Å². The summed E-state index contributed by atoms with van der Waals surface area (Å²) in [6.45, 7) is 1.95. The zero-order chi connectivity index (χ0) is 17.4. The molecule has 0 saturated heterocycles. The van der Waals surface area contributed by atoms with Crippen molar-refractivity contribution in [2.75, 3.05) is 23.8 Å². The Morgan fingerprint density at radius 1 is 1.08 bits per heavy atom. The Kier molecular flexibility index (Phi) is 7.34. The van der Waals surface area contributed by atoms with Crippen molar-refractivity contribution < 1.29 is 14.3 Å². The van der Waals surface area contributed by atoms with Gasteiger partial charge in [0.05, 0.1) is 12.4 Å². The second kappa shape index (κ2) is 9.49. The normalized spacial score (nSPS) is 10.2. The van der Waals surface area contributed by atoms with Crippen LogP contribution in [0.25, 0.3) is 0 Å². The van der Waals surface area contributed by atoms with Gasteiger partial charge in [-0.25, -0.2) is 0 Å². The molecule has 0 saturated carbocycles. The van der Waals surface area contributed by atoms with Crippen molar-refractivity contribution in [2.24, 2.45) is 0 Å². The Morgan fingerprint density at radius 3 is 2.42 bits per heavy atom. The van der Waals surface area contributed by atoms with Gasteiger partial charge in [-0.1, -0.05) is 30.3 Å². The molecule has 0 radical (unpaired) electrons. The molecule has 0 aliphatic rings. The third-order valence-corrected chi connectivity index (χ3v) is 5.16. The quantitative estimate of drug-likeness (QED) is 0.511. The van der Waals surface area contributed by atoms with Gasteiger partial charge in [0.25, 0.3) is 0 Å². The highest BCUT2D eigenvalue weighted by Crippen LogP contribution is 2.27. The average molecular weight is 408 g/mol. The average Bonchev–Trinajstić information content (AvgIpc) is 2.60. The van der Waals surface area contributed by atoms with E-state index in [0.717, 1.165) is 9.37 Å². The molecule has 0 unspecified atom stereocenters. The minimum atomic E-state index is -0.416. The Balaban J connectivity index is 2.09. The SMILES string of the molecule is CCOC(=O)CN(C(=O)CSc1ccccc1Br)c1ccccc1. The lowest BCUT2D eigenvalue weighted by atomic mass is 10.3. The lowest BCUT2D eigenvalue weighted by molar-refractivity contribution is -0.142. The van der Waals surface area contributed by atoms with Crippen molar-refractivity contribution in [3.05, 3.63) is 59.1 Å². The molecule has 1 amide bonds. The van der Waals surface area contributed by atoms with Crippen LogP contribution >= 0.6 is 27.7 Å². The van der Waals surface area contributed by atoms with Crippen LogP contribution in [0.1, 0.15) is 6.92 Å². The van der Waals surface area contributed by atoms with Gasteiger partial charge >= 0.3 is 5.97 Å². The van der Waals surface area contributed by atoms with Gasteiger partial charge in [-0.2, -0.15) is 0 Å². The van der Waals surface area contributed by atoms with Crippen molar-refractivity contribution in [3.8, 4) is 0 Å². The molecular weight excluding hydrogens is 390 g/mol. The fourth-order valence-corrected chi connectivity index (χ4v) is 3.49. The van der Waals surface area contributed by atoms with Gasteiger partial charge in [-0.05, 0) is 47.1 Å². The molecule has 2 aromatic rings. The van der Waals surface area contributed by atoms with Crippen molar-refractivity contribution in [1.29, 1.82) is 0 Å². The van der Waals surface area contributed by atoms with E-state index < -0.39 is 5.97 Å². The first kappa shape index (κ1) is 18.5. The molecule has 24 heavy (non-hydrogen) atoms. The third-order valence-electron chi connectivity index (χ3n) is 3.15. The standard InChI is InChI=1S/C18H18BrNO3S/c1-2-23-18(22)12-20(14-8-4-3-5-9-14)17(21)13-24-16-11-7-6-10-15(16)19/h3-11H,2,12-13H2,1H3. The van der Waals surface area contributed by atoms with Crippen molar-refractivity contribution in [2.45, 2.75) is 11.8 Å². The number of amides is 1. The van der Waals surface area contributed by atoms with Gasteiger partial charge < -0.3 is 9.64 Å². The van der Waals surface area contributed by atoms with E-state index in [-0.39, 0.29) is 18.2 Å². The van der Waals surface area contributed by atoms with E-state index in [2.05, 4.69) is 15.9 Å². The highest BCUT2D eigenvalue weighted by Gasteiger charge is 2.20. The monoisotopic (exact) mass is 407 g/mol. The molecule has 0 aromatic heterocycles. The predicted octanol–water partition coefficient (Wildman–Crippen LogP) is 4.14. The number of ether oxygens (including phenoxy) is 1. The number of halogens is 1. The maximum atomic E-state index is 12.7. The number of esters is 1. The van der Waals surface area contributed by atoms with Crippen LogP contribution < -0.4 is 4.90 Å². The first-order valence-corrected chi connectivity index (χ1v) is 9.28. The summed E-state index contributed by atoms with van der Waals surface area (Å²) in [4.78, 5) is 26.9. The molecular formula is C18H18BrNO3S. The number of benzene rings is 2. The number of anilines is 1. The van der Waals surface area contributed by atoms with Crippen LogP contribution in [0.5, 0.6) is 0 Å². The van der Waals surface area contributed by atoms with Crippen LogP contribution in [0, 0.1) is 0 Å². The maximum absolute atomic E-state index is 12.7. The number of nitrogens with zero attached hydrogens (tertiary/aromatic N) is 1. The van der Waals surface area contributed by atoms with E-state index in [0.29, 0.717) is 12.3 Å². The van der Waals surface area contributed by atoms with Crippen molar-refractivity contribution >= 4 is 45.3 Å². The van der Waals surface area contributed by atoms with E-state index in [1.807, 2.05) is 42.5 Å². The summed E-state index contributed by atoms with van der Waals surface area (Å²) < 4.78 is 5.92. The van der Waals surface area contributed by atoms with Crippen LogP contribution in [0.2, 0.25) is 0 Å². The summed E-state index contributed by atoms with van der Waals surface area (Å²) in [6, 6.07) is 16.9. The second-order valence-electron chi connectivity index (χ2n) is 4.84. The van der Waals surface area contributed by atoms with E-state index in [1.165, 1.54) is 16.7 Å². The Morgan fingerprint density at radius 2 is 1.75 bits per heavy atom. The summed E-state index contributed by atoms with van der Waals surface area (Å²) in [7, 11) is 0. The topological polar surface area (TPSA) is 46.6 Å². The van der Waals surface area contributed by atoms with Crippen LogP contribution in [-0.2, 0) is 14.3 Å². The van der Waals surface area contributed by atoms with E-state index in [1.54, 1.807) is 19.1 Å². The van der Waals surface area contributed by atoms with Crippen LogP contribution in [0.15, 0.2) is 64.0 Å². The Hall–Kier alpha value is -1.79. The summed E-state index contributed by atoms with van der Waals surface area (Å²) in [5.74, 6) is -0.327.